The van der Waals surface area contributed by atoms with E-state index < -0.39 is 0 Å². The summed E-state index contributed by atoms with van der Waals surface area (Å²) in [5, 5.41) is 10.1. The summed E-state index contributed by atoms with van der Waals surface area (Å²) in [6, 6.07) is 125. The minimum absolute atomic E-state index is 0.653. The van der Waals surface area contributed by atoms with Gasteiger partial charge in [-0.2, -0.15) is 0 Å². The summed E-state index contributed by atoms with van der Waals surface area (Å²) >= 11 is 0. The molecule has 15 aromatic carbocycles. The van der Waals surface area contributed by atoms with Crippen molar-refractivity contribution in [2.45, 2.75) is 0 Å². The van der Waals surface area contributed by atoms with E-state index in [0.717, 1.165) is 101 Å². The SMILES string of the molecule is c1ccc(-c2cc(-c3ccc(-n4c5ccccc5c5ccc6c(c54)-c4cccc5cccc-6c45)cc3)nc(-c3ccc(-c4cncc(-c5cccc(-c6ccc(-c7cc(-c8ccc(-n9c%10ccccc%10c%10ccc%11c(c%109)-c9cccc%10cccc-%11c9%10)cc8)nc(-c8ccccc8)n7)cc6)c5)c4)cc3)n2)cc1. The molecule has 0 unspecified atom stereocenters. The van der Waals surface area contributed by atoms with Crippen molar-refractivity contribution in [1.29, 1.82) is 0 Å². The van der Waals surface area contributed by atoms with Crippen LogP contribution in [0.25, 0.3) is 222 Å². The molecule has 2 aliphatic carbocycles. The number of hydrogen-bond donors (Lipinski definition) is 0. The lowest BCUT2D eigenvalue weighted by Gasteiger charge is -2.13. The lowest BCUT2D eigenvalue weighted by atomic mass is 9.97. The largest absolute Gasteiger partial charge is 0.309 e. The summed E-state index contributed by atoms with van der Waals surface area (Å²) in [7, 11) is 0. The van der Waals surface area contributed by atoms with Gasteiger partial charge in [-0.25, -0.2) is 19.9 Å². The number of hydrogen-bond acceptors (Lipinski definition) is 5. The minimum Gasteiger partial charge on any atom is -0.309 e. The number of para-hydroxylation sites is 2. The molecule has 7 heteroatoms. The zero-order chi connectivity index (χ0) is 69.5. The first-order valence-corrected chi connectivity index (χ1v) is 36.1. The van der Waals surface area contributed by atoms with E-state index >= 15 is 0 Å². The second kappa shape index (κ2) is 23.7. The van der Waals surface area contributed by atoms with Crippen molar-refractivity contribution >= 4 is 65.2 Å². The fourth-order valence-electron chi connectivity index (χ4n) is 17.0. The monoisotopic (exact) mass is 1350 g/mol. The lowest BCUT2D eigenvalue weighted by molar-refractivity contribution is 1.17. The predicted molar refractivity (Wildman–Crippen MR) is 437 cm³/mol. The van der Waals surface area contributed by atoms with Gasteiger partial charge >= 0.3 is 0 Å². The molecule has 0 fully saturated rings. The predicted octanol–water partition coefficient (Wildman–Crippen LogP) is 25.5. The molecule has 106 heavy (non-hydrogen) atoms. The summed E-state index contributed by atoms with van der Waals surface area (Å²) in [5.74, 6) is 1.33. The Morgan fingerprint density at radius 3 is 1.03 bits per heavy atom. The molecular weight excluding hydrogens is 1290 g/mol. The molecule has 0 atom stereocenters. The van der Waals surface area contributed by atoms with Crippen LogP contribution in [0, 0.1) is 0 Å². The molecule has 0 spiro atoms. The fraction of sp³-hybridized carbons (Fsp3) is 0. The molecule has 0 bridgehead atoms. The van der Waals surface area contributed by atoms with E-state index in [4.69, 9.17) is 24.9 Å². The van der Waals surface area contributed by atoms with Crippen molar-refractivity contribution in [3.8, 4) is 157 Å². The van der Waals surface area contributed by atoms with Gasteiger partial charge in [0.2, 0.25) is 0 Å². The minimum atomic E-state index is 0.653. The van der Waals surface area contributed by atoms with Gasteiger partial charge in [0.1, 0.15) is 0 Å². The standard InChI is InChI=1S/C99H59N7/c1-3-16-62(17-4-1)86-56-88(64-42-46-74(47-43-64)105-90-32-9-7-26-76(90)82-52-50-80-78-28-12-20-66-22-14-30-84(92(66)78)94(80)96(82)105)104-99(101-86)69-40-36-61(37-41-69)72-55-73(59-100-58-72)71-25-11-24-70(54-71)60-34-38-63(39-35-60)87-57-89(103-98(102-87)68-18-5-2-6-19-68)65-44-48-75(49-45-65)106-91-33-10-8-27-77(91)83-53-51-81-79-29-13-21-67-23-15-31-85(93(67)79)95(81)97(83)106/h1-59H. The normalized spacial score (nSPS) is 12.0. The smallest absolute Gasteiger partial charge is 0.160 e. The van der Waals surface area contributed by atoms with E-state index in [1.54, 1.807) is 0 Å². The highest BCUT2D eigenvalue weighted by Crippen LogP contribution is 2.54. The Balaban J connectivity index is 0.549. The van der Waals surface area contributed by atoms with Crippen LogP contribution in [0.4, 0.5) is 0 Å². The molecule has 0 saturated carbocycles. The van der Waals surface area contributed by atoms with Crippen LogP contribution in [0.3, 0.4) is 0 Å². The van der Waals surface area contributed by atoms with Gasteiger partial charge in [-0.1, -0.05) is 285 Å². The molecule has 0 N–H and O–H groups in total. The average molecular weight is 1350 g/mol. The van der Waals surface area contributed by atoms with Crippen LogP contribution in [0.2, 0.25) is 0 Å². The van der Waals surface area contributed by atoms with E-state index in [0.29, 0.717) is 11.6 Å². The van der Waals surface area contributed by atoms with Gasteiger partial charge < -0.3 is 9.13 Å². The Bertz CT molecular complexity index is 6580. The van der Waals surface area contributed by atoms with Crippen LogP contribution >= 0.6 is 0 Å². The van der Waals surface area contributed by atoms with Crippen molar-refractivity contribution in [2.24, 2.45) is 0 Å². The Kier molecular flexibility index (Phi) is 13.3. The molecule has 0 aliphatic heterocycles. The molecule has 5 heterocycles. The highest BCUT2D eigenvalue weighted by molar-refractivity contribution is 6.26. The van der Waals surface area contributed by atoms with Crippen LogP contribution < -0.4 is 0 Å². The third kappa shape index (κ3) is 9.43. The van der Waals surface area contributed by atoms with Crippen molar-refractivity contribution < 1.29 is 0 Å². The van der Waals surface area contributed by atoms with Crippen LogP contribution in [0.15, 0.2) is 358 Å². The molecular formula is C99H59N7. The van der Waals surface area contributed by atoms with E-state index in [9.17, 15) is 0 Å². The fourth-order valence-corrected chi connectivity index (χ4v) is 17.0. The van der Waals surface area contributed by atoms with Crippen LogP contribution in [0.5, 0.6) is 0 Å². The van der Waals surface area contributed by atoms with Gasteiger partial charge in [0.05, 0.1) is 44.8 Å². The number of aromatic nitrogens is 7. The van der Waals surface area contributed by atoms with Crippen LogP contribution in [-0.4, -0.2) is 34.1 Å². The number of pyridine rings is 1. The maximum atomic E-state index is 5.32. The maximum absolute atomic E-state index is 5.32. The van der Waals surface area contributed by atoms with Crippen LogP contribution in [-0.2, 0) is 0 Å². The zero-order valence-electron chi connectivity index (χ0n) is 57.2. The van der Waals surface area contributed by atoms with Crippen molar-refractivity contribution in [3.63, 3.8) is 0 Å². The topological polar surface area (TPSA) is 74.3 Å². The van der Waals surface area contributed by atoms with Gasteiger partial charge in [0.15, 0.2) is 11.6 Å². The van der Waals surface area contributed by atoms with Gasteiger partial charge in [-0.15, -0.1) is 0 Å². The lowest BCUT2D eigenvalue weighted by Crippen LogP contribution is -1.98. The Morgan fingerprint density at radius 2 is 0.547 bits per heavy atom. The molecule has 490 valence electrons. The summed E-state index contributed by atoms with van der Waals surface area (Å²) in [6.07, 6.45) is 3.89. The molecule has 0 amide bonds. The highest BCUT2D eigenvalue weighted by atomic mass is 15.0. The van der Waals surface area contributed by atoms with Crippen LogP contribution in [0.1, 0.15) is 0 Å². The Morgan fingerprint density at radius 1 is 0.208 bits per heavy atom. The summed E-state index contributed by atoms with van der Waals surface area (Å²) in [4.78, 5) is 25.9. The molecule has 0 radical (unpaired) electrons. The molecule has 20 aromatic rings. The molecule has 5 aromatic heterocycles. The average Bonchev–Trinajstić information content (AvgIpc) is 1.55. The van der Waals surface area contributed by atoms with Gasteiger partial charge in [-0.05, 0) is 138 Å². The summed E-state index contributed by atoms with van der Waals surface area (Å²) in [5.41, 5.74) is 33.0. The van der Waals surface area contributed by atoms with E-state index in [2.05, 4.69) is 331 Å². The molecule has 22 rings (SSSR count). The van der Waals surface area contributed by atoms with E-state index in [-0.39, 0.29) is 0 Å². The molecule has 2 aliphatic rings. The third-order valence-corrected chi connectivity index (χ3v) is 21.9. The highest BCUT2D eigenvalue weighted by Gasteiger charge is 2.30. The van der Waals surface area contributed by atoms with Crippen molar-refractivity contribution in [3.05, 3.63) is 358 Å². The quantitative estimate of drug-likeness (QED) is 0.129. The second-order valence-corrected chi connectivity index (χ2v) is 27.8. The van der Waals surface area contributed by atoms with Crippen molar-refractivity contribution in [1.82, 2.24) is 34.1 Å². The first kappa shape index (κ1) is 59.4. The summed E-state index contributed by atoms with van der Waals surface area (Å²) in [6.45, 7) is 0. The van der Waals surface area contributed by atoms with E-state index in [1.165, 1.54) is 110 Å². The Hall–Kier alpha value is -14.3. The number of benzene rings is 15. The number of fused-ring (bicyclic) bond motifs is 14. The van der Waals surface area contributed by atoms with Gasteiger partial charge in [0.25, 0.3) is 0 Å². The second-order valence-electron chi connectivity index (χ2n) is 27.8. The third-order valence-electron chi connectivity index (χ3n) is 21.9. The molecule has 0 saturated heterocycles. The summed E-state index contributed by atoms with van der Waals surface area (Å²) < 4.78 is 4.91. The first-order chi connectivity index (χ1) is 52.5. The first-order valence-electron chi connectivity index (χ1n) is 36.1. The number of nitrogens with zero attached hydrogens (tertiary/aromatic N) is 7. The van der Waals surface area contributed by atoms with Crippen molar-refractivity contribution in [2.75, 3.05) is 0 Å². The number of rotatable bonds is 11. The van der Waals surface area contributed by atoms with Gasteiger partial charge in [0, 0.05) is 101 Å². The Labute approximate surface area is 610 Å². The zero-order valence-corrected chi connectivity index (χ0v) is 57.2. The maximum Gasteiger partial charge on any atom is 0.160 e. The van der Waals surface area contributed by atoms with E-state index in [1.807, 2.05) is 36.7 Å². The van der Waals surface area contributed by atoms with Gasteiger partial charge in [-0.3, -0.25) is 4.98 Å². The molecule has 7 nitrogen and oxygen atoms in total.